The van der Waals surface area contributed by atoms with E-state index in [0.29, 0.717) is 15.7 Å². The third-order valence-corrected chi connectivity index (χ3v) is 4.90. The number of hydrogen-bond donors (Lipinski definition) is 0. The van der Waals surface area contributed by atoms with Crippen LogP contribution in [-0.2, 0) is 9.47 Å². The van der Waals surface area contributed by atoms with Crippen LogP contribution in [0.3, 0.4) is 0 Å². The van der Waals surface area contributed by atoms with Crippen LogP contribution in [0, 0.1) is 3.57 Å². The monoisotopic (exact) mass is 476 g/mol. The topological polar surface area (TPSA) is 78.0 Å². The van der Waals surface area contributed by atoms with E-state index in [-0.39, 0.29) is 24.1 Å². The lowest BCUT2D eigenvalue weighted by Crippen LogP contribution is -2.50. The molecule has 0 saturated carbocycles. The number of carbonyl (C=O) groups is 2. The van der Waals surface area contributed by atoms with Crippen LogP contribution < -0.4 is 4.74 Å². The van der Waals surface area contributed by atoms with Crippen LogP contribution in [0.1, 0.15) is 50.9 Å². The van der Waals surface area contributed by atoms with Gasteiger partial charge in [-0.1, -0.05) is 0 Å². The first-order chi connectivity index (χ1) is 12.1. The van der Waals surface area contributed by atoms with Crippen LogP contribution in [0.5, 0.6) is 5.88 Å². The molecule has 2 rings (SSSR count). The maximum Gasteiger partial charge on any atom is 0.410 e. The molecule has 1 aromatic heterocycles. The number of halogens is 1. The molecule has 1 fully saturated rings. The van der Waals surface area contributed by atoms with Crippen LogP contribution in [0.15, 0.2) is 12.3 Å². The highest BCUT2D eigenvalue weighted by molar-refractivity contribution is 14.1. The summed E-state index contributed by atoms with van der Waals surface area (Å²) in [6, 6.07) is 1.78. The third kappa shape index (κ3) is 5.21. The lowest BCUT2D eigenvalue weighted by Gasteiger charge is -2.38. The van der Waals surface area contributed by atoms with Gasteiger partial charge in [-0.3, -0.25) is 0 Å². The molecule has 2 atom stereocenters. The van der Waals surface area contributed by atoms with Crippen LogP contribution in [0.4, 0.5) is 4.79 Å². The van der Waals surface area contributed by atoms with Crippen molar-refractivity contribution >= 4 is 34.7 Å². The second-order valence-electron chi connectivity index (χ2n) is 7.26. The average Bonchev–Trinajstić information content (AvgIpc) is 2.54. The molecule has 1 aliphatic heterocycles. The van der Waals surface area contributed by atoms with Gasteiger partial charge in [0.05, 0.1) is 13.7 Å². The Bertz CT molecular complexity index is 674. The first-order valence-electron chi connectivity index (χ1n) is 8.51. The van der Waals surface area contributed by atoms with Gasteiger partial charge in [0.25, 0.3) is 0 Å². The molecular formula is C18H25IN2O5. The SMILES string of the molecule is COC(=O)c1c(I)ccnc1O[C@@H]1CC[C@@H](C)N(C(=O)OC(C)(C)C)C1. The lowest BCUT2D eigenvalue weighted by atomic mass is 10.0. The van der Waals surface area contributed by atoms with Gasteiger partial charge in [0.2, 0.25) is 5.88 Å². The number of carbonyl (C=O) groups excluding carboxylic acids is 2. The molecule has 1 aromatic rings. The zero-order chi connectivity index (χ0) is 19.5. The van der Waals surface area contributed by atoms with Gasteiger partial charge < -0.3 is 19.1 Å². The summed E-state index contributed by atoms with van der Waals surface area (Å²) in [6.07, 6.45) is 2.49. The number of pyridine rings is 1. The Morgan fingerprint density at radius 3 is 2.62 bits per heavy atom. The third-order valence-electron chi connectivity index (χ3n) is 4.00. The van der Waals surface area contributed by atoms with Gasteiger partial charge in [0.15, 0.2) is 0 Å². The minimum atomic E-state index is -0.556. The number of ether oxygens (including phenoxy) is 3. The molecule has 0 radical (unpaired) electrons. The summed E-state index contributed by atoms with van der Waals surface area (Å²) >= 11 is 2.05. The Morgan fingerprint density at radius 1 is 1.31 bits per heavy atom. The van der Waals surface area contributed by atoms with E-state index in [2.05, 4.69) is 4.98 Å². The molecule has 2 heterocycles. The van der Waals surface area contributed by atoms with Crippen molar-refractivity contribution in [1.82, 2.24) is 9.88 Å². The Labute approximate surface area is 167 Å². The molecule has 1 aliphatic rings. The van der Waals surface area contributed by atoms with Gasteiger partial charge in [-0.25, -0.2) is 14.6 Å². The van der Waals surface area contributed by atoms with Gasteiger partial charge >= 0.3 is 12.1 Å². The largest absolute Gasteiger partial charge is 0.472 e. The molecule has 26 heavy (non-hydrogen) atoms. The first kappa shape index (κ1) is 20.7. The standard InChI is InChI=1S/C18H25IN2O5/c1-11-6-7-12(10-21(11)17(23)26-18(2,3)4)25-15-14(16(22)24-5)13(19)8-9-20-15/h8-9,11-12H,6-7,10H2,1-5H3/t11-,12-/m1/s1. The second kappa shape index (κ2) is 8.41. The molecule has 1 saturated heterocycles. The van der Waals surface area contributed by atoms with Crippen molar-refractivity contribution in [2.24, 2.45) is 0 Å². The summed E-state index contributed by atoms with van der Waals surface area (Å²) in [5.74, 6) is -0.266. The minimum Gasteiger partial charge on any atom is -0.472 e. The predicted octanol–water partition coefficient (Wildman–Crippen LogP) is 3.64. The number of rotatable bonds is 3. The fraction of sp³-hybridized carbons (Fsp3) is 0.611. The highest BCUT2D eigenvalue weighted by Gasteiger charge is 2.34. The van der Waals surface area contributed by atoms with E-state index in [1.165, 1.54) is 7.11 Å². The zero-order valence-corrected chi connectivity index (χ0v) is 17.9. The summed E-state index contributed by atoms with van der Waals surface area (Å²) in [6.45, 7) is 7.89. The van der Waals surface area contributed by atoms with Crippen molar-refractivity contribution in [3.63, 3.8) is 0 Å². The van der Waals surface area contributed by atoms with Crippen molar-refractivity contribution in [2.45, 2.75) is 58.3 Å². The maximum atomic E-state index is 12.5. The van der Waals surface area contributed by atoms with E-state index in [9.17, 15) is 9.59 Å². The molecular weight excluding hydrogens is 451 g/mol. The van der Waals surface area contributed by atoms with E-state index < -0.39 is 11.6 Å². The molecule has 1 amide bonds. The number of methoxy groups -OCH3 is 1. The number of likely N-dealkylation sites (tertiary alicyclic amines) is 1. The van der Waals surface area contributed by atoms with Crippen molar-refractivity contribution < 1.29 is 23.8 Å². The van der Waals surface area contributed by atoms with Gasteiger partial charge in [0, 0.05) is 15.8 Å². The maximum absolute atomic E-state index is 12.5. The number of amides is 1. The van der Waals surface area contributed by atoms with Gasteiger partial charge in [-0.2, -0.15) is 0 Å². The molecule has 0 spiro atoms. The smallest absolute Gasteiger partial charge is 0.410 e. The minimum absolute atomic E-state index is 0.0636. The molecule has 0 aliphatic carbocycles. The molecule has 144 valence electrons. The van der Waals surface area contributed by atoms with E-state index in [1.807, 2.05) is 50.3 Å². The number of esters is 1. The van der Waals surface area contributed by atoms with Gasteiger partial charge in [-0.15, -0.1) is 0 Å². The average molecular weight is 476 g/mol. The highest BCUT2D eigenvalue weighted by Crippen LogP contribution is 2.27. The molecule has 0 aromatic carbocycles. The molecule has 0 N–H and O–H groups in total. The lowest BCUT2D eigenvalue weighted by molar-refractivity contribution is -0.00630. The molecule has 7 nitrogen and oxygen atoms in total. The van der Waals surface area contributed by atoms with E-state index in [4.69, 9.17) is 14.2 Å². The molecule has 0 unspecified atom stereocenters. The second-order valence-corrected chi connectivity index (χ2v) is 8.43. The summed E-state index contributed by atoms with van der Waals surface area (Å²) in [5.41, 5.74) is -0.252. The van der Waals surface area contributed by atoms with Gasteiger partial charge in [0.1, 0.15) is 17.3 Å². The van der Waals surface area contributed by atoms with E-state index in [0.717, 1.165) is 12.8 Å². The normalized spacial score (nSPS) is 20.5. The Balaban J connectivity index is 2.15. The first-order valence-corrected chi connectivity index (χ1v) is 9.59. The fourth-order valence-electron chi connectivity index (χ4n) is 2.70. The molecule has 8 heteroatoms. The molecule has 0 bridgehead atoms. The van der Waals surface area contributed by atoms with Crippen LogP contribution >= 0.6 is 22.6 Å². The van der Waals surface area contributed by atoms with Crippen molar-refractivity contribution in [3.8, 4) is 5.88 Å². The van der Waals surface area contributed by atoms with E-state index >= 15 is 0 Å². The fourth-order valence-corrected chi connectivity index (χ4v) is 3.31. The van der Waals surface area contributed by atoms with E-state index in [1.54, 1.807) is 17.2 Å². The number of piperidine rings is 1. The summed E-state index contributed by atoms with van der Waals surface area (Å²) < 4.78 is 17.0. The van der Waals surface area contributed by atoms with Crippen molar-refractivity contribution in [1.29, 1.82) is 0 Å². The van der Waals surface area contributed by atoms with Crippen LogP contribution in [0.25, 0.3) is 0 Å². The zero-order valence-electron chi connectivity index (χ0n) is 15.7. The van der Waals surface area contributed by atoms with Crippen molar-refractivity contribution in [2.75, 3.05) is 13.7 Å². The number of hydrogen-bond acceptors (Lipinski definition) is 6. The Kier molecular flexibility index (Phi) is 6.70. The quantitative estimate of drug-likeness (QED) is 0.490. The van der Waals surface area contributed by atoms with Crippen molar-refractivity contribution in [3.05, 3.63) is 21.4 Å². The predicted molar refractivity (Wildman–Crippen MR) is 104 cm³/mol. The van der Waals surface area contributed by atoms with Crippen LogP contribution in [0.2, 0.25) is 0 Å². The highest BCUT2D eigenvalue weighted by atomic mass is 127. The Morgan fingerprint density at radius 2 is 2.00 bits per heavy atom. The number of aromatic nitrogens is 1. The Hall–Kier alpha value is -1.58. The summed E-state index contributed by atoms with van der Waals surface area (Å²) in [7, 11) is 1.32. The van der Waals surface area contributed by atoms with Crippen LogP contribution in [-0.4, -0.2) is 53.3 Å². The van der Waals surface area contributed by atoms with Gasteiger partial charge in [-0.05, 0) is 69.2 Å². The number of nitrogens with zero attached hydrogens (tertiary/aromatic N) is 2. The summed E-state index contributed by atoms with van der Waals surface area (Å²) in [5, 5.41) is 0. The summed E-state index contributed by atoms with van der Waals surface area (Å²) in [4.78, 5) is 30.4.